The molecule has 5 heteroatoms. The third-order valence-corrected chi connectivity index (χ3v) is 3.58. The van der Waals surface area contributed by atoms with E-state index in [2.05, 4.69) is 11.9 Å². The van der Waals surface area contributed by atoms with E-state index >= 15 is 0 Å². The second kappa shape index (κ2) is 5.19. The Labute approximate surface area is 106 Å². The van der Waals surface area contributed by atoms with Crippen LogP contribution in [0, 0.1) is 11.7 Å². The number of rotatable bonds is 2. The van der Waals surface area contributed by atoms with E-state index in [-0.39, 0.29) is 5.82 Å². The van der Waals surface area contributed by atoms with Gasteiger partial charge in [-0.25, -0.2) is 9.37 Å². The van der Waals surface area contributed by atoms with Crippen molar-refractivity contribution in [1.29, 1.82) is 0 Å². The number of piperidine rings is 1. The lowest BCUT2D eigenvalue weighted by molar-refractivity contribution is 0.368. The zero-order chi connectivity index (χ0) is 12.4. The fraction of sp³-hybridized carbons (Fsp3) is 0.583. The highest BCUT2D eigenvalue weighted by Crippen LogP contribution is 2.28. The van der Waals surface area contributed by atoms with Gasteiger partial charge in [-0.05, 0) is 38.3 Å². The van der Waals surface area contributed by atoms with E-state index in [1.807, 2.05) is 4.90 Å². The lowest BCUT2D eigenvalue weighted by atomic mass is 9.93. The first-order chi connectivity index (χ1) is 8.11. The highest BCUT2D eigenvalue weighted by molar-refractivity contribution is 6.30. The normalized spacial score (nSPS) is 25.1. The summed E-state index contributed by atoms with van der Waals surface area (Å²) in [6.07, 6.45) is 3.60. The topological polar surface area (TPSA) is 42.1 Å². The van der Waals surface area contributed by atoms with Crippen LogP contribution in [0.25, 0.3) is 0 Å². The molecule has 2 rings (SSSR count). The van der Waals surface area contributed by atoms with E-state index in [0.717, 1.165) is 19.4 Å². The number of aromatic nitrogens is 1. The van der Waals surface area contributed by atoms with Crippen LogP contribution in [0.4, 0.5) is 10.2 Å². The van der Waals surface area contributed by atoms with Gasteiger partial charge in [0.05, 0.1) is 5.02 Å². The van der Waals surface area contributed by atoms with Crippen LogP contribution in [-0.4, -0.2) is 24.1 Å². The van der Waals surface area contributed by atoms with Crippen molar-refractivity contribution >= 4 is 17.4 Å². The number of nitrogens with two attached hydrogens (primary N) is 1. The van der Waals surface area contributed by atoms with Crippen LogP contribution >= 0.6 is 11.6 Å². The molecule has 0 amide bonds. The monoisotopic (exact) mass is 257 g/mol. The zero-order valence-electron chi connectivity index (χ0n) is 9.87. The predicted octanol–water partition coefficient (Wildman–Crippen LogP) is 2.44. The van der Waals surface area contributed by atoms with Crippen molar-refractivity contribution in [2.45, 2.75) is 25.8 Å². The van der Waals surface area contributed by atoms with E-state index < -0.39 is 0 Å². The number of hydrogen-bond acceptors (Lipinski definition) is 3. The highest BCUT2D eigenvalue weighted by atomic mass is 35.5. The number of nitrogens with zero attached hydrogens (tertiary/aromatic N) is 2. The Morgan fingerprint density at radius 3 is 3.00 bits per heavy atom. The molecule has 1 saturated heterocycles. The summed E-state index contributed by atoms with van der Waals surface area (Å²) in [6.45, 7) is 3.49. The molecule has 1 aromatic heterocycles. The van der Waals surface area contributed by atoms with E-state index in [0.29, 0.717) is 29.3 Å². The Morgan fingerprint density at radius 2 is 2.35 bits per heavy atom. The molecule has 0 bridgehead atoms. The molecule has 1 aliphatic heterocycles. The first kappa shape index (κ1) is 12.6. The number of pyridine rings is 1. The lowest BCUT2D eigenvalue weighted by Gasteiger charge is -2.38. The first-order valence-corrected chi connectivity index (χ1v) is 6.27. The van der Waals surface area contributed by atoms with Crippen molar-refractivity contribution in [2.24, 2.45) is 11.7 Å². The van der Waals surface area contributed by atoms with Crippen molar-refractivity contribution in [3.05, 3.63) is 23.1 Å². The maximum Gasteiger partial charge on any atom is 0.167 e. The molecule has 1 aromatic rings. The standard InChI is InChI=1S/C12H17ClFN3/c1-8-2-3-9(5-15)7-17(8)12-11(14)4-10(13)6-16-12/h4,6,8-9H,2-3,5,7,15H2,1H3. The largest absolute Gasteiger partial charge is 0.351 e. The van der Waals surface area contributed by atoms with Gasteiger partial charge < -0.3 is 10.6 Å². The Hall–Kier alpha value is -0.870. The van der Waals surface area contributed by atoms with Crippen LogP contribution in [-0.2, 0) is 0 Å². The van der Waals surface area contributed by atoms with Gasteiger partial charge in [0.25, 0.3) is 0 Å². The van der Waals surface area contributed by atoms with Crippen molar-refractivity contribution in [1.82, 2.24) is 4.98 Å². The zero-order valence-corrected chi connectivity index (χ0v) is 10.6. The van der Waals surface area contributed by atoms with Crippen LogP contribution in [0.1, 0.15) is 19.8 Å². The fourth-order valence-electron chi connectivity index (χ4n) is 2.29. The van der Waals surface area contributed by atoms with Crippen molar-refractivity contribution in [2.75, 3.05) is 18.0 Å². The first-order valence-electron chi connectivity index (χ1n) is 5.89. The summed E-state index contributed by atoms with van der Waals surface area (Å²) in [7, 11) is 0. The summed E-state index contributed by atoms with van der Waals surface area (Å²) in [5.74, 6) is 0.449. The fourth-order valence-corrected chi connectivity index (χ4v) is 2.43. The Morgan fingerprint density at radius 1 is 1.59 bits per heavy atom. The summed E-state index contributed by atoms with van der Waals surface area (Å²) >= 11 is 5.71. The SMILES string of the molecule is CC1CCC(CN)CN1c1ncc(Cl)cc1F. The molecule has 0 saturated carbocycles. The van der Waals surface area contributed by atoms with Gasteiger partial charge in [0.1, 0.15) is 0 Å². The smallest absolute Gasteiger partial charge is 0.167 e. The van der Waals surface area contributed by atoms with Crippen LogP contribution < -0.4 is 10.6 Å². The number of anilines is 1. The number of hydrogen-bond donors (Lipinski definition) is 1. The minimum absolute atomic E-state index is 0.293. The molecular weight excluding hydrogens is 241 g/mol. The van der Waals surface area contributed by atoms with E-state index in [4.69, 9.17) is 17.3 Å². The van der Waals surface area contributed by atoms with Crippen LogP contribution in [0.5, 0.6) is 0 Å². The van der Waals surface area contributed by atoms with Gasteiger partial charge >= 0.3 is 0 Å². The van der Waals surface area contributed by atoms with Gasteiger partial charge in [0, 0.05) is 18.8 Å². The van der Waals surface area contributed by atoms with E-state index in [9.17, 15) is 4.39 Å². The molecule has 3 nitrogen and oxygen atoms in total. The third-order valence-electron chi connectivity index (χ3n) is 3.37. The summed E-state index contributed by atoms with van der Waals surface area (Å²) in [5.41, 5.74) is 5.69. The van der Waals surface area contributed by atoms with Crippen molar-refractivity contribution < 1.29 is 4.39 Å². The molecule has 2 heterocycles. The van der Waals surface area contributed by atoms with Gasteiger partial charge in [-0.15, -0.1) is 0 Å². The Balaban J connectivity index is 2.24. The van der Waals surface area contributed by atoms with Gasteiger partial charge in [0.2, 0.25) is 0 Å². The molecule has 2 unspecified atom stereocenters. The molecule has 1 fully saturated rings. The third kappa shape index (κ3) is 2.69. The van der Waals surface area contributed by atoms with Crippen molar-refractivity contribution in [3.63, 3.8) is 0 Å². The van der Waals surface area contributed by atoms with Crippen LogP contribution in [0.2, 0.25) is 5.02 Å². The minimum Gasteiger partial charge on any atom is -0.351 e. The quantitative estimate of drug-likeness (QED) is 0.885. The molecule has 17 heavy (non-hydrogen) atoms. The van der Waals surface area contributed by atoms with Gasteiger partial charge in [-0.2, -0.15) is 0 Å². The van der Waals surface area contributed by atoms with Crippen LogP contribution in [0.15, 0.2) is 12.3 Å². The molecular formula is C12H17ClFN3. The molecule has 94 valence electrons. The second-order valence-corrected chi connectivity index (χ2v) is 5.08. The second-order valence-electron chi connectivity index (χ2n) is 4.64. The van der Waals surface area contributed by atoms with Gasteiger partial charge in [0.15, 0.2) is 11.6 Å². The summed E-state index contributed by atoms with van der Waals surface area (Å²) in [6, 6.07) is 1.60. The molecule has 2 N–H and O–H groups in total. The Kier molecular flexibility index (Phi) is 3.84. The summed E-state index contributed by atoms with van der Waals surface area (Å²) < 4.78 is 13.8. The van der Waals surface area contributed by atoms with E-state index in [1.165, 1.54) is 12.3 Å². The van der Waals surface area contributed by atoms with Gasteiger partial charge in [-0.1, -0.05) is 11.6 Å². The molecule has 0 aromatic carbocycles. The molecule has 2 atom stereocenters. The van der Waals surface area contributed by atoms with Gasteiger partial charge in [-0.3, -0.25) is 0 Å². The minimum atomic E-state index is -0.359. The maximum absolute atomic E-state index is 13.8. The Bertz CT molecular complexity index is 399. The average molecular weight is 258 g/mol. The van der Waals surface area contributed by atoms with Crippen LogP contribution in [0.3, 0.4) is 0 Å². The molecule has 0 spiro atoms. The summed E-state index contributed by atoms with van der Waals surface area (Å²) in [4.78, 5) is 6.09. The van der Waals surface area contributed by atoms with Crippen molar-refractivity contribution in [3.8, 4) is 0 Å². The van der Waals surface area contributed by atoms with E-state index in [1.54, 1.807) is 0 Å². The lowest BCUT2D eigenvalue weighted by Crippen LogP contribution is -2.44. The average Bonchev–Trinajstić information content (AvgIpc) is 2.30. The summed E-state index contributed by atoms with van der Waals surface area (Å²) in [5, 5.41) is 0.325. The predicted molar refractivity (Wildman–Crippen MR) is 67.8 cm³/mol. The number of halogens is 2. The molecule has 0 aliphatic carbocycles. The maximum atomic E-state index is 13.8. The molecule has 1 aliphatic rings. The highest BCUT2D eigenvalue weighted by Gasteiger charge is 2.27. The molecule has 0 radical (unpaired) electrons.